The summed E-state index contributed by atoms with van der Waals surface area (Å²) in [4.78, 5) is 4.44. The molecule has 2 atom stereocenters. The maximum Gasteiger partial charge on any atom is 0.222 e. The third kappa shape index (κ3) is 3.54. The Bertz CT molecular complexity index is 1100. The van der Waals surface area contributed by atoms with Gasteiger partial charge in [0.2, 0.25) is 5.95 Å². The predicted octanol–water partition coefficient (Wildman–Crippen LogP) is 5.49. The molecular weight excluding hydrogens is 372 g/mol. The van der Waals surface area contributed by atoms with Crippen LogP contribution in [0.5, 0.6) is 5.75 Å². The first-order chi connectivity index (χ1) is 14.8. The van der Waals surface area contributed by atoms with Crippen LogP contribution < -0.4 is 10.1 Å². The van der Waals surface area contributed by atoms with Gasteiger partial charge in [-0.3, -0.25) is 0 Å². The molecule has 2 heterocycles. The molecule has 0 saturated carbocycles. The Morgan fingerprint density at radius 3 is 2.33 bits per heavy atom. The van der Waals surface area contributed by atoms with Gasteiger partial charge in [-0.25, -0.2) is 4.68 Å². The van der Waals surface area contributed by atoms with Crippen molar-refractivity contribution in [1.82, 2.24) is 14.8 Å². The number of anilines is 1. The summed E-state index contributed by atoms with van der Waals surface area (Å²) in [7, 11) is 0. The molecule has 0 saturated heterocycles. The maximum absolute atomic E-state index is 5.59. The van der Waals surface area contributed by atoms with Crippen molar-refractivity contribution >= 4 is 5.95 Å². The van der Waals surface area contributed by atoms with Crippen molar-refractivity contribution in [3.05, 3.63) is 96.3 Å². The van der Waals surface area contributed by atoms with Crippen molar-refractivity contribution in [2.24, 2.45) is 0 Å². The lowest BCUT2D eigenvalue weighted by atomic mass is 9.92. The van der Waals surface area contributed by atoms with Crippen molar-refractivity contribution in [3.63, 3.8) is 0 Å². The number of nitrogens with zero attached hydrogens (tertiary/aromatic N) is 3. The molecule has 0 aliphatic carbocycles. The molecule has 5 heteroatoms. The molecule has 0 unspecified atom stereocenters. The van der Waals surface area contributed by atoms with Crippen LogP contribution in [-0.2, 0) is 0 Å². The van der Waals surface area contributed by atoms with Gasteiger partial charge >= 0.3 is 0 Å². The van der Waals surface area contributed by atoms with Crippen LogP contribution in [-0.4, -0.2) is 21.4 Å². The lowest BCUT2D eigenvalue weighted by Gasteiger charge is -2.32. The molecule has 1 aliphatic heterocycles. The van der Waals surface area contributed by atoms with E-state index < -0.39 is 0 Å². The van der Waals surface area contributed by atoms with Crippen molar-refractivity contribution in [3.8, 4) is 16.9 Å². The number of hydrogen-bond acceptors (Lipinski definition) is 4. The van der Waals surface area contributed by atoms with E-state index in [0.717, 1.165) is 18.1 Å². The molecule has 1 aliphatic rings. The van der Waals surface area contributed by atoms with E-state index in [0.29, 0.717) is 6.61 Å². The number of hydrogen-bond donors (Lipinski definition) is 1. The quantitative estimate of drug-likeness (QED) is 0.485. The lowest BCUT2D eigenvalue weighted by Crippen LogP contribution is -2.28. The van der Waals surface area contributed by atoms with E-state index in [9.17, 15) is 0 Å². The van der Waals surface area contributed by atoms with Crippen LogP contribution in [0.2, 0.25) is 0 Å². The summed E-state index contributed by atoms with van der Waals surface area (Å²) in [5.41, 5.74) is 4.91. The number of fused-ring (bicyclic) bond motifs is 1. The van der Waals surface area contributed by atoms with E-state index in [-0.39, 0.29) is 12.1 Å². The highest BCUT2D eigenvalue weighted by atomic mass is 16.5. The number of rotatable bonds is 5. The Morgan fingerprint density at radius 2 is 1.60 bits per heavy atom. The third-order valence-electron chi connectivity index (χ3n) is 5.63. The van der Waals surface area contributed by atoms with Crippen molar-refractivity contribution in [1.29, 1.82) is 0 Å². The second-order valence-electron chi connectivity index (χ2n) is 7.47. The largest absolute Gasteiger partial charge is 0.494 e. The van der Waals surface area contributed by atoms with Gasteiger partial charge in [0.05, 0.1) is 18.7 Å². The van der Waals surface area contributed by atoms with Crippen molar-refractivity contribution in [2.75, 3.05) is 11.9 Å². The Balaban J connectivity index is 1.42. The van der Waals surface area contributed by atoms with Gasteiger partial charge in [-0.05, 0) is 47.7 Å². The monoisotopic (exact) mass is 396 g/mol. The van der Waals surface area contributed by atoms with E-state index >= 15 is 0 Å². The van der Waals surface area contributed by atoms with Gasteiger partial charge in [0, 0.05) is 0 Å². The van der Waals surface area contributed by atoms with E-state index in [2.05, 4.69) is 76.1 Å². The summed E-state index contributed by atoms with van der Waals surface area (Å²) in [6, 6.07) is 27.9. The molecule has 0 bridgehead atoms. The summed E-state index contributed by atoms with van der Waals surface area (Å²) in [5, 5.41) is 8.02. The smallest absolute Gasteiger partial charge is 0.222 e. The molecule has 3 aromatic carbocycles. The van der Waals surface area contributed by atoms with Gasteiger partial charge in [-0.1, -0.05) is 66.7 Å². The van der Waals surface area contributed by atoms with E-state index in [1.54, 1.807) is 6.33 Å². The molecule has 0 fully saturated rings. The minimum atomic E-state index is 0.123. The van der Waals surface area contributed by atoms with Crippen LogP contribution in [0, 0.1) is 0 Å². The number of ether oxygens (including phenoxy) is 1. The normalized spacial score (nSPS) is 17.8. The highest BCUT2D eigenvalue weighted by Crippen LogP contribution is 2.38. The van der Waals surface area contributed by atoms with Crippen LogP contribution in [0.25, 0.3) is 11.1 Å². The first-order valence-corrected chi connectivity index (χ1v) is 10.4. The van der Waals surface area contributed by atoms with Gasteiger partial charge in [0.1, 0.15) is 12.1 Å². The average molecular weight is 396 g/mol. The molecule has 4 aromatic rings. The fourth-order valence-electron chi connectivity index (χ4n) is 4.11. The van der Waals surface area contributed by atoms with Crippen LogP contribution >= 0.6 is 0 Å². The van der Waals surface area contributed by atoms with Gasteiger partial charge in [0.25, 0.3) is 0 Å². The molecule has 5 nitrogen and oxygen atoms in total. The van der Waals surface area contributed by atoms with Crippen LogP contribution in [0.4, 0.5) is 5.95 Å². The van der Waals surface area contributed by atoms with E-state index in [1.165, 1.54) is 22.3 Å². The standard InChI is InChI=1S/C25H24N4O/c1-2-30-22-14-12-21(13-15-22)24-16-23(28-25-26-17-27-29(24)25)20-10-8-19(9-11-20)18-6-4-3-5-7-18/h3-15,17,23-24H,2,16H2,1H3,(H,26,27,28)/t23-,24-/m0/s1. The molecule has 0 radical (unpaired) electrons. The second-order valence-corrected chi connectivity index (χ2v) is 7.47. The molecule has 1 aromatic heterocycles. The minimum Gasteiger partial charge on any atom is -0.494 e. The summed E-state index contributed by atoms with van der Waals surface area (Å²) in [6.07, 6.45) is 2.51. The summed E-state index contributed by atoms with van der Waals surface area (Å²) in [6.45, 7) is 2.66. The molecule has 5 rings (SSSR count). The first kappa shape index (κ1) is 18.4. The first-order valence-electron chi connectivity index (χ1n) is 10.4. The Labute approximate surface area is 176 Å². The minimum absolute atomic E-state index is 0.123. The topological polar surface area (TPSA) is 52.0 Å². The van der Waals surface area contributed by atoms with E-state index in [1.807, 2.05) is 29.8 Å². The third-order valence-corrected chi connectivity index (χ3v) is 5.63. The molecule has 1 N–H and O–H groups in total. The predicted molar refractivity (Wildman–Crippen MR) is 119 cm³/mol. The molecule has 150 valence electrons. The Morgan fingerprint density at radius 1 is 0.900 bits per heavy atom. The Hall–Kier alpha value is -3.60. The molecule has 0 spiro atoms. The highest BCUT2D eigenvalue weighted by molar-refractivity contribution is 5.63. The zero-order valence-electron chi connectivity index (χ0n) is 16.9. The van der Waals surface area contributed by atoms with Gasteiger partial charge in [-0.2, -0.15) is 10.1 Å². The van der Waals surface area contributed by atoms with Crippen molar-refractivity contribution in [2.45, 2.75) is 25.4 Å². The summed E-state index contributed by atoms with van der Waals surface area (Å²) >= 11 is 0. The lowest BCUT2D eigenvalue weighted by molar-refractivity contribution is 0.340. The number of aromatic nitrogens is 3. The van der Waals surface area contributed by atoms with Gasteiger partial charge in [0.15, 0.2) is 0 Å². The fourth-order valence-corrected chi connectivity index (χ4v) is 4.11. The summed E-state index contributed by atoms with van der Waals surface area (Å²) < 4.78 is 7.57. The molecular formula is C25H24N4O. The second kappa shape index (κ2) is 8.03. The molecule has 0 amide bonds. The number of benzene rings is 3. The Kier molecular flexibility index (Phi) is 4.93. The average Bonchev–Trinajstić information content (AvgIpc) is 3.29. The van der Waals surface area contributed by atoms with Crippen molar-refractivity contribution < 1.29 is 4.74 Å². The SMILES string of the molecule is CCOc1ccc([C@@H]2C[C@@H](c3ccc(-c4ccccc4)cc3)Nc3ncnn32)cc1. The maximum atomic E-state index is 5.59. The van der Waals surface area contributed by atoms with Gasteiger partial charge in [-0.15, -0.1) is 0 Å². The van der Waals surface area contributed by atoms with Crippen LogP contribution in [0.1, 0.15) is 36.6 Å². The zero-order chi connectivity index (χ0) is 20.3. The fraction of sp³-hybridized carbons (Fsp3) is 0.200. The zero-order valence-corrected chi connectivity index (χ0v) is 16.9. The van der Waals surface area contributed by atoms with Crippen LogP contribution in [0.15, 0.2) is 85.2 Å². The van der Waals surface area contributed by atoms with Gasteiger partial charge < -0.3 is 10.1 Å². The number of nitrogens with one attached hydrogen (secondary N) is 1. The summed E-state index contributed by atoms with van der Waals surface area (Å²) in [5.74, 6) is 1.69. The van der Waals surface area contributed by atoms with Crippen LogP contribution in [0.3, 0.4) is 0 Å². The highest BCUT2D eigenvalue weighted by Gasteiger charge is 2.29. The van der Waals surface area contributed by atoms with E-state index in [4.69, 9.17) is 4.74 Å². The molecule has 30 heavy (non-hydrogen) atoms.